The van der Waals surface area contributed by atoms with Crippen molar-refractivity contribution in [3.63, 3.8) is 0 Å². The highest BCUT2D eigenvalue weighted by Gasteiger charge is 2.25. The van der Waals surface area contributed by atoms with E-state index in [9.17, 15) is 9.59 Å². The Hall–Kier alpha value is -3.26. The molecule has 0 bridgehead atoms. The second-order valence-electron chi connectivity index (χ2n) is 11.1. The molecule has 0 unspecified atom stereocenters. The highest BCUT2D eigenvalue weighted by atomic mass is 16.5. The van der Waals surface area contributed by atoms with Gasteiger partial charge in [-0.3, -0.25) is 9.59 Å². The Bertz CT molecular complexity index is 1110. The van der Waals surface area contributed by atoms with Crippen LogP contribution in [0.3, 0.4) is 0 Å². The summed E-state index contributed by atoms with van der Waals surface area (Å²) < 4.78 is 11.3. The van der Waals surface area contributed by atoms with E-state index in [-0.39, 0.29) is 17.9 Å². The molecule has 0 aromatic heterocycles. The lowest BCUT2D eigenvalue weighted by atomic mass is 10.1. The van der Waals surface area contributed by atoms with Crippen LogP contribution in [0.15, 0.2) is 42.5 Å². The number of rotatable bonds is 15. The van der Waals surface area contributed by atoms with Crippen molar-refractivity contribution in [2.24, 2.45) is 0 Å². The van der Waals surface area contributed by atoms with Crippen LogP contribution in [-0.4, -0.2) is 64.4 Å². The predicted molar refractivity (Wildman–Crippen MR) is 166 cm³/mol. The number of para-hydroxylation sites is 2. The SMILES string of the molecule is CCCCCCCCCC(=O)Nc1ccc(N2CCN(c3ccccc3OC)CC2)c(C(=O)NC[C@@H]2CCCO2)c1. The Kier molecular flexibility index (Phi) is 12.2. The van der Waals surface area contributed by atoms with Crippen LogP contribution in [-0.2, 0) is 9.53 Å². The smallest absolute Gasteiger partial charge is 0.253 e. The van der Waals surface area contributed by atoms with Crippen LogP contribution in [0.2, 0.25) is 0 Å². The second-order valence-corrected chi connectivity index (χ2v) is 11.1. The van der Waals surface area contributed by atoms with Gasteiger partial charge in [-0.2, -0.15) is 0 Å². The molecule has 0 saturated carbocycles. The largest absolute Gasteiger partial charge is 0.495 e. The van der Waals surface area contributed by atoms with E-state index in [4.69, 9.17) is 9.47 Å². The van der Waals surface area contributed by atoms with E-state index in [1.165, 1.54) is 32.1 Å². The first-order valence-electron chi connectivity index (χ1n) is 15.6. The van der Waals surface area contributed by atoms with Crippen molar-refractivity contribution < 1.29 is 19.1 Å². The Morgan fingerprint density at radius 3 is 2.34 bits per heavy atom. The summed E-state index contributed by atoms with van der Waals surface area (Å²) in [6.45, 7) is 6.64. The third kappa shape index (κ3) is 9.12. The van der Waals surface area contributed by atoms with Gasteiger partial charge in [-0.05, 0) is 49.6 Å². The van der Waals surface area contributed by atoms with Crippen molar-refractivity contribution >= 4 is 28.9 Å². The van der Waals surface area contributed by atoms with Gasteiger partial charge < -0.3 is 29.9 Å². The van der Waals surface area contributed by atoms with Gasteiger partial charge in [-0.15, -0.1) is 0 Å². The van der Waals surface area contributed by atoms with Crippen LogP contribution in [0.5, 0.6) is 5.75 Å². The van der Waals surface area contributed by atoms with Crippen molar-refractivity contribution in [3.8, 4) is 5.75 Å². The first-order valence-corrected chi connectivity index (χ1v) is 15.6. The maximum absolute atomic E-state index is 13.5. The molecule has 2 fully saturated rings. The highest BCUT2D eigenvalue weighted by Crippen LogP contribution is 2.31. The third-order valence-corrected chi connectivity index (χ3v) is 8.09. The molecule has 0 radical (unpaired) electrons. The number of anilines is 3. The maximum Gasteiger partial charge on any atom is 0.253 e. The maximum atomic E-state index is 13.5. The van der Waals surface area contributed by atoms with Crippen LogP contribution in [0.25, 0.3) is 0 Å². The van der Waals surface area contributed by atoms with Gasteiger partial charge in [0.15, 0.2) is 0 Å². The molecule has 8 heteroatoms. The topological polar surface area (TPSA) is 83.1 Å². The molecule has 224 valence electrons. The molecular weight excluding hydrogens is 516 g/mol. The van der Waals surface area contributed by atoms with E-state index in [1.807, 2.05) is 36.4 Å². The fraction of sp³-hybridized carbons (Fsp3) is 0.576. The minimum Gasteiger partial charge on any atom is -0.495 e. The lowest BCUT2D eigenvalue weighted by Gasteiger charge is -2.38. The first-order chi connectivity index (χ1) is 20.1. The summed E-state index contributed by atoms with van der Waals surface area (Å²) in [4.78, 5) is 30.7. The number of amides is 2. The van der Waals surface area contributed by atoms with Gasteiger partial charge >= 0.3 is 0 Å². The van der Waals surface area contributed by atoms with Crippen LogP contribution >= 0.6 is 0 Å². The van der Waals surface area contributed by atoms with Crippen LogP contribution < -0.4 is 25.2 Å². The summed E-state index contributed by atoms with van der Waals surface area (Å²) in [5.74, 6) is 0.736. The summed E-state index contributed by atoms with van der Waals surface area (Å²) in [7, 11) is 1.70. The Morgan fingerprint density at radius 2 is 1.63 bits per heavy atom. The normalized spacial score (nSPS) is 17.0. The van der Waals surface area contributed by atoms with E-state index < -0.39 is 0 Å². The van der Waals surface area contributed by atoms with E-state index in [2.05, 4.69) is 33.4 Å². The average molecular weight is 565 g/mol. The monoisotopic (exact) mass is 564 g/mol. The summed E-state index contributed by atoms with van der Waals surface area (Å²) in [6.07, 6.45) is 10.8. The fourth-order valence-electron chi connectivity index (χ4n) is 5.72. The number of ether oxygens (including phenoxy) is 2. The van der Waals surface area contributed by atoms with E-state index in [1.54, 1.807) is 7.11 Å². The minimum absolute atomic E-state index is 0.00226. The van der Waals surface area contributed by atoms with Crippen molar-refractivity contribution in [1.29, 1.82) is 0 Å². The number of unbranched alkanes of at least 4 members (excludes halogenated alkanes) is 6. The van der Waals surface area contributed by atoms with Gasteiger partial charge in [-0.25, -0.2) is 0 Å². The van der Waals surface area contributed by atoms with Gasteiger partial charge in [-0.1, -0.05) is 57.6 Å². The summed E-state index contributed by atoms with van der Waals surface area (Å²) in [5, 5.41) is 6.12. The standard InChI is InChI=1S/C33H48N4O4/c1-3-4-5-6-7-8-9-16-32(38)35-26-17-18-29(28(24-26)33(39)34-25-27-13-12-23-41-27)36-19-21-37(22-20-36)30-14-10-11-15-31(30)40-2/h10-11,14-15,17-18,24,27H,3-9,12-13,16,19-23,25H2,1-2H3,(H,34,39)(H,35,38)/t27-/m0/s1. The summed E-state index contributed by atoms with van der Waals surface area (Å²) in [5.41, 5.74) is 3.22. The molecule has 41 heavy (non-hydrogen) atoms. The average Bonchev–Trinajstić information content (AvgIpc) is 3.53. The zero-order valence-electron chi connectivity index (χ0n) is 25.0. The predicted octanol–water partition coefficient (Wildman–Crippen LogP) is 6.01. The van der Waals surface area contributed by atoms with Gasteiger partial charge in [0.25, 0.3) is 5.91 Å². The molecule has 2 aromatic carbocycles. The number of nitrogens with zero attached hydrogens (tertiary/aromatic N) is 2. The molecule has 4 rings (SSSR count). The zero-order valence-corrected chi connectivity index (χ0v) is 25.0. The van der Waals surface area contributed by atoms with Gasteiger partial charge in [0, 0.05) is 57.1 Å². The van der Waals surface area contributed by atoms with Crippen molar-refractivity contribution in [3.05, 3.63) is 48.0 Å². The molecule has 2 aliphatic heterocycles. The Morgan fingerprint density at radius 1 is 0.927 bits per heavy atom. The molecule has 2 saturated heterocycles. The van der Waals surface area contributed by atoms with Crippen molar-refractivity contribution in [2.75, 3.05) is 61.6 Å². The quantitative estimate of drug-likeness (QED) is 0.258. The number of piperazine rings is 1. The number of carbonyl (C=O) groups is 2. The van der Waals surface area contributed by atoms with E-state index in [0.29, 0.717) is 24.2 Å². The zero-order chi connectivity index (χ0) is 28.9. The Labute approximate surface area is 245 Å². The molecule has 2 aliphatic rings. The van der Waals surface area contributed by atoms with E-state index >= 15 is 0 Å². The van der Waals surface area contributed by atoms with Crippen LogP contribution in [0.4, 0.5) is 17.1 Å². The van der Waals surface area contributed by atoms with Crippen LogP contribution in [0, 0.1) is 0 Å². The molecule has 0 spiro atoms. The lowest BCUT2D eigenvalue weighted by molar-refractivity contribution is -0.116. The van der Waals surface area contributed by atoms with Crippen LogP contribution in [0.1, 0.15) is 81.5 Å². The molecule has 2 heterocycles. The molecule has 2 N–H and O–H groups in total. The van der Waals surface area contributed by atoms with Crippen molar-refractivity contribution in [1.82, 2.24) is 5.32 Å². The molecule has 2 amide bonds. The lowest BCUT2D eigenvalue weighted by Crippen LogP contribution is -2.47. The molecule has 1 atom stereocenters. The van der Waals surface area contributed by atoms with Gasteiger partial charge in [0.1, 0.15) is 5.75 Å². The first kappa shape index (κ1) is 30.7. The number of benzene rings is 2. The summed E-state index contributed by atoms with van der Waals surface area (Å²) in [6, 6.07) is 13.8. The summed E-state index contributed by atoms with van der Waals surface area (Å²) >= 11 is 0. The number of methoxy groups -OCH3 is 1. The molecular formula is C33H48N4O4. The fourth-order valence-corrected chi connectivity index (χ4v) is 5.72. The second kappa shape index (κ2) is 16.2. The highest BCUT2D eigenvalue weighted by molar-refractivity contribution is 6.02. The number of hydrogen-bond acceptors (Lipinski definition) is 6. The molecule has 2 aromatic rings. The molecule has 0 aliphatic carbocycles. The number of carbonyl (C=O) groups excluding carboxylic acids is 2. The number of hydrogen-bond donors (Lipinski definition) is 2. The molecule has 8 nitrogen and oxygen atoms in total. The van der Waals surface area contributed by atoms with Gasteiger partial charge in [0.05, 0.1) is 24.5 Å². The minimum atomic E-state index is -0.133. The van der Waals surface area contributed by atoms with Crippen molar-refractivity contribution in [2.45, 2.75) is 77.2 Å². The van der Waals surface area contributed by atoms with Gasteiger partial charge in [0.2, 0.25) is 5.91 Å². The number of nitrogens with one attached hydrogen (secondary N) is 2. The third-order valence-electron chi connectivity index (χ3n) is 8.09. The Balaban J connectivity index is 1.39. The van der Waals surface area contributed by atoms with E-state index in [0.717, 1.165) is 75.6 Å².